The summed E-state index contributed by atoms with van der Waals surface area (Å²) < 4.78 is 22.2. The molecule has 37 heavy (non-hydrogen) atoms. The van der Waals surface area contributed by atoms with Crippen LogP contribution in [0.2, 0.25) is 0 Å². The fraction of sp³-hybridized carbons (Fsp3) is 0.276. The van der Waals surface area contributed by atoms with E-state index in [0.29, 0.717) is 40.5 Å². The van der Waals surface area contributed by atoms with Crippen LogP contribution in [0.5, 0.6) is 28.7 Å². The predicted octanol–water partition coefficient (Wildman–Crippen LogP) is 4.36. The second-order valence-electron chi connectivity index (χ2n) is 8.92. The maximum Gasteiger partial charge on any atom is 0.231 e. The number of benzene rings is 3. The van der Waals surface area contributed by atoms with E-state index in [1.54, 1.807) is 45.6 Å². The zero-order chi connectivity index (χ0) is 25.9. The van der Waals surface area contributed by atoms with Gasteiger partial charge in [0.2, 0.25) is 5.78 Å². The first-order valence-corrected chi connectivity index (χ1v) is 12.1. The Morgan fingerprint density at radius 3 is 2.35 bits per heavy atom. The summed E-state index contributed by atoms with van der Waals surface area (Å²) in [6.45, 7) is 3.81. The molecule has 5 rings (SSSR count). The van der Waals surface area contributed by atoms with Gasteiger partial charge in [0.25, 0.3) is 0 Å². The van der Waals surface area contributed by atoms with Crippen LogP contribution in [-0.4, -0.2) is 63.3 Å². The van der Waals surface area contributed by atoms with Gasteiger partial charge in [-0.2, -0.15) is 0 Å². The second kappa shape index (κ2) is 10.4. The number of ether oxygens (including phenoxy) is 4. The van der Waals surface area contributed by atoms with E-state index in [2.05, 4.69) is 21.9 Å². The van der Waals surface area contributed by atoms with Gasteiger partial charge in [0, 0.05) is 44.0 Å². The van der Waals surface area contributed by atoms with Gasteiger partial charge in [-0.3, -0.25) is 9.69 Å². The molecule has 1 saturated heterocycles. The van der Waals surface area contributed by atoms with Crippen LogP contribution in [0.4, 0.5) is 5.69 Å². The average Bonchev–Trinajstić information content (AvgIpc) is 3.25. The van der Waals surface area contributed by atoms with Crippen molar-refractivity contribution in [2.75, 3.05) is 52.4 Å². The molecule has 1 N–H and O–H groups in total. The molecule has 0 saturated carbocycles. The Balaban J connectivity index is 1.33. The first-order chi connectivity index (χ1) is 18.0. The number of allylic oxidation sites excluding steroid dienone is 1. The number of hydrogen-bond acceptors (Lipinski definition) is 8. The molecule has 0 atom stereocenters. The third kappa shape index (κ3) is 4.80. The van der Waals surface area contributed by atoms with Gasteiger partial charge >= 0.3 is 0 Å². The smallest absolute Gasteiger partial charge is 0.231 e. The summed E-state index contributed by atoms with van der Waals surface area (Å²) in [6.07, 6.45) is 1.65. The number of fused-ring (bicyclic) bond motifs is 1. The highest BCUT2D eigenvalue weighted by Crippen LogP contribution is 2.41. The minimum absolute atomic E-state index is 0.115. The third-order valence-corrected chi connectivity index (χ3v) is 6.83. The Hall–Kier alpha value is -4.17. The first-order valence-electron chi connectivity index (χ1n) is 12.1. The Labute approximate surface area is 216 Å². The molecule has 0 aromatic heterocycles. The lowest BCUT2D eigenvalue weighted by Gasteiger charge is -2.36. The molecule has 0 unspecified atom stereocenters. The standard InChI is InChI=1S/C29H30N2O6/c1-34-21-9-7-20(8-10-21)31-15-13-30(14-16-31)18-23-24(32)12-11-22-27(33)26(37-29(22)23)17-19-5-4-6-25(35-2)28(19)36-3/h4-12,17,32H,13-16,18H2,1-3H3. The molecule has 3 aromatic carbocycles. The maximum absolute atomic E-state index is 13.2. The zero-order valence-corrected chi connectivity index (χ0v) is 21.2. The summed E-state index contributed by atoms with van der Waals surface area (Å²) in [7, 11) is 4.78. The molecule has 8 nitrogen and oxygen atoms in total. The van der Waals surface area contributed by atoms with Crippen molar-refractivity contribution in [3.8, 4) is 28.7 Å². The van der Waals surface area contributed by atoms with Crippen LogP contribution in [0.15, 0.2) is 60.4 Å². The normalized spacial score (nSPS) is 16.5. The number of Topliss-reactive ketones (excluding diaryl/α,β-unsaturated/α-hetero) is 1. The van der Waals surface area contributed by atoms with Gasteiger partial charge in [0.15, 0.2) is 17.3 Å². The van der Waals surface area contributed by atoms with Crippen molar-refractivity contribution in [1.82, 2.24) is 4.90 Å². The van der Waals surface area contributed by atoms with Crippen LogP contribution in [0.3, 0.4) is 0 Å². The molecule has 192 valence electrons. The summed E-state index contributed by atoms with van der Waals surface area (Å²) in [5, 5.41) is 10.7. The van der Waals surface area contributed by atoms with Crippen molar-refractivity contribution in [2.24, 2.45) is 0 Å². The molecule has 0 amide bonds. The van der Waals surface area contributed by atoms with E-state index >= 15 is 0 Å². The minimum Gasteiger partial charge on any atom is -0.507 e. The monoisotopic (exact) mass is 502 g/mol. The summed E-state index contributed by atoms with van der Waals surface area (Å²) in [4.78, 5) is 17.8. The molecule has 1 fully saturated rings. The SMILES string of the molecule is COc1ccc(N2CCN(Cc3c(O)ccc4c3OC(=Cc3cccc(OC)c3OC)C4=O)CC2)cc1. The Morgan fingerprint density at radius 1 is 0.919 bits per heavy atom. The van der Waals surface area contributed by atoms with E-state index in [1.807, 2.05) is 24.3 Å². The Morgan fingerprint density at radius 2 is 1.68 bits per heavy atom. The van der Waals surface area contributed by atoms with Crippen LogP contribution in [0, 0.1) is 0 Å². The first kappa shape index (κ1) is 24.5. The number of hydrogen-bond donors (Lipinski definition) is 1. The number of phenols is 1. The highest BCUT2D eigenvalue weighted by atomic mass is 16.5. The molecule has 3 aromatic rings. The quantitative estimate of drug-likeness (QED) is 0.478. The molecule has 2 heterocycles. The molecular formula is C29H30N2O6. The zero-order valence-electron chi connectivity index (χ0n) is 21.2. The maximum atomic E-state index is 13.2. The van der Waals surface area contributed by atoms with Crippen molar-refractivity contribution in [3.63, 3.8) is 0 Å². The van der Waals surface area contributed by atoms with Crippen molar-refractivity contribution in [3.05, 3.63) is 77.0 Å². The van der Waals surface area contributed by atoms with Gasteiger partial charge in [-0.15, -0.1) is 0 Å². The van der Waals surface area contributed by atoms with Crippen molar-refractivity contribution >= 4 is 17.5 Å². The summed E-state index contributed by atoms with van der Waals surface area (Å²) in [6, 6.07) is 16.7. The van der Waals surface area contributed by atoms with E-state index < -0.39 is 0 Å². The average molecular weight is 503 g/mol. The Bertz CT molecular complexity index is 1330. The van der Waals surface area contributed by atoms with Crippen molar-refractivity contribution in [1.29, 1.82) is 0 Å². The summed E-state index contributed by atoms with van der Waals surface area (Å²) in [5.74, 6) is 2.39. The minimum atomic E-state index is -0.231. The number of nitrogens with zero attached hydrogens (tertiary/aromatic N) is 2. The molecule has 0 spiro atoms. The number of carbonyl (C=O) groups is 1. The van der Waals surface area contributed by atoms with Gasteiger partial charge in [-0.1, -0.05) is 12.1 Å². The molecule has 0 aliphatic carbocycles. The lowest BCUT2D eigenvalue weighted by Crippen LogP contribution is -2.46. The van der Waals surface area contributed by atoms with Crippen LogP contribution >= 0.6 is 0 Å². The number of carbonyl (C=O) groups excluding carboxylic acids is 1. The van der Waals surface area contributed by atoms with Crippen molar-refractivity contribution < 1.29 is 28.8 Å². The fourth-order valence-corrected chi connectivity index (χ4v) is 4.80. The highest BCUT2D eigenvalue weighted by molar-refractivity contribution is 6.15. The molecule has 2 aliphatic rings. The topological polar surface area (TPSA) is 80.7 Å². The number of para-hydroxylation sites is 1. The number of ketones is 1. The number of methoxy groups -OCH3 is 3. The highest BCUT2D eigenvalue weighted by Gasteiger charge is 2.32. The van der Waals surface area contributed by atoms with Crippen LogP contribution in [0.25, 0.3) is 6.08 Å². The molecule has 0 bridgehead atoms. The molecule has 8 heteroatoms. The Kier molecular flexibility index (Phi) is 6.92. The van der Waals surface area contributed by atoms with Gasteiger partial charge in [-0.25, -0.2) is 0 Å². The predicted molar refractivity (Wildman–Crippen MR) is 141 cm³/mol. The lowest BCUT2D eigenvalue weighted by atomic mass is 10.0. The van der Waals surface area contributed by atoms with E-state index in [0.717, 1.165) is 37.6 Å². The van der Waals surface area contributed by atoms with Gasteiger partial charge < -0.3 is 29.0 Å². The number of anilines is 1. The number of rotatable bonds is 7. The van der Waals surface area contributed by atoms with E-state index in [-0.39, 0.29) is 17.3 Å². The van der Waals surface area contributed by atoms with Crippen LogP contribution in [-0.2, 0) is 6.54 Å². The third-order valence-electron chi connectivity index (χ3n) is 6.83. The van der Waals surface area contributed by atoms with Crippen molar-refractivity contribution in [2.45, 2.75) is 6.54 Å². The van der Waals surface area contributed by atoms with Gasteiger partial charge in [0.1, 0.15) is 17.2 Å². The second-order valence-corrected chi connectivity index (χ2v) is 8.92. The largest absolute Gasteiger partial charge is 0.507 e. The van der Waals surface area contributed by atoms with E-state index in [1.165, 1.54) is 0 Å². The lowest BCUT2D eigenvalue weighted by molar-refractivity contribution is 0.101. The summed E-state index contributed by atoms with van der Waals surface area (Å²) in [5.41, 5.74) is 2.88. The van der Waals surface area contributed by atoms with Crippen LogP contribution in [0.1, 0.15) is 21.5 Å². The number of phenolic OH excluding ortho intramolecular Hbond substituents is 1. The number of piperazine rings is 1. The fourth-order valence-electron chi connectivity index (χ4n) is 4.80. The number of aromatic hydroxyl groups is 1. The molecule has 0 radical (unpaired) electrons. The molecular weight excluding hydrogens is 472 g/mol. The van der Waals surface area contributed by atoms with E-state index in [4.69, 9.17) is 18.9 Å². The van der Waals surface area contributed by atoms with Crippen LogP contribution < -0.4 is 23.8 Å². The van der Waals surface area contributed by atoms with E-state index in [9.17, 15) is 9.90 Å². The van der Waals surface area contributed by atoms with Gasteiger partial charge in [-0.05, 0) is 48.5 Å². The summed E-state index contributed by atoms with van der Waals surface area (Å²) >= 11 is 0. The molecule has 2 aliphatic heterocycles. The van der Waals surface area contributed by atoms with Gasteiger partial charge in [0.05, 0.1) is 32.5 Å².